The summed E-state index contributed by atoms with van der Waals surface area (Å²) in [6, 6.07) is 20.7. The van der Waals surface area contributed by atoms with E-state index in [2.05, 4.69) is 5.32 Å². The van der Waals surface area contributed by atoms with Crippen molar-refractivity contribution in [3.8, 4) is 0 Å². The van der Waals surface area contributed by atoms with Gasteiger partial charge in [-0.2, -0.15) is 0 Å². The Bertz CT molecular complexity index is 1020. The van der Waals surface area contributed by atoms with Gasteiger partial charge in [-0.1, -0.05) is 42.0 Å². The number of aryl methyl sites for hydroxylation is 1. The van der Waals surface area contributed by atoms with Crippen LogP contribution in [0.3, 0.4) is 0 Å². The molecule has 0 aliphatic carbocycles. The number of thioether (sulfide) groups is 1. The molecule has 3 aromatic rings. The number of para-hydroxylation sites is 1. The number of anilines is 2. The van der Waals surface area contributed by atoms with Crippen molar-refractivity contribution in [3.05, 3.63) is 89.7 Å². The summed E-state index contributed by atoms with van der Waals surface area (Å²) in [7, 11) is 1.53. The zero-order valence-electron chi connectivity index (χ0n) is 16.2. The predicted molar refractivity (Wildman–Crippen MR) is 116 cm³/mol. The fourth-order valence-corrected chi connectivity index (χ4v) is 3.60. The van der Waals surface area contributed by atoms with Gasteiger partial charge in [0.25, 0.3) is 5.91 Å². The van der Waals surface area contributed by atoms with Crippen LogP contribution in [0.4, 0.5) is 15.8 Å². The lowest BCUT2D eigenvalue weighted by molar-refractivity contribution is -0.113. The van der Waals surface area contributed by atoms with E-state index in [1.54, 1.807) is 42.5 Å². The van der Waals surface area contributed by atoms with Gasteiger partial charge in [0.2, 0.25) is 5.91 Å². The molecule has 29 heavy (non-hydrogen) atoms. The number of carbonyl (C=O) groups excluding carboxylic acids is 2. The highest BCUT2D eigenvalue weighted by Gasteiger charge is 2.19. The average molecular weight is 408 g/mol. The highest BCUT2D eigenvalue weighted by atomic mass is 32.2. The minimum atomic E-state index is -0.467. The monoisotopic (exact) mass is 408 g/mol. The zero-order valence-corrected chi connectivity index (χ0v) is 17.0. The van der Waals surface area contributed by atoms with Crippen molar-refractivity contribution in [2.45, 2.75) is 11.8 Å². The summed E-state index contributed by atoms with van der Waals surface area (Å²) in [5.41, 5.74) is 2.47. The SMILES string of the molecule is Cc1ccc(NC(=O)CSc2ccccc2C(=O)N(C)c2ccccc2F)cc1. The molecule has 0 radical (unpaired) electrons. The van der Waals surface area contributed by atoms with Gasteiger partial charge in [0, 0.05) is 17.6 Å². The van der Waals surface area contributed by atoms with E-state index >= 15 is 0 Å². The zero-order chi connectivity index (χ0) is 20.8. The fraction of sp³-hybridized carbons (Fsp3) is 0.130. The standard InChI is InChI=1S/C23H21FN2O2S/c1-16-11-13-17(14-12-16)25-22(27)15-29-21-10-6-3-7-18(21)23(28)26(2)20-9-5-4-8-19(20)24/h3-14H,15H2,1-2H3,(H,25,27). The molecule has 2 amide bonds. The van der Waals surface area contributed by atoms with E-state index in [0.717, 1.165) is 11.3 Å². The van der Waals surface area contributed by atoms with Gasteiger partial charge < -0.3 is 10.2 Å². The highest BCUT2D eigenvalue weighted by molar-refractivity contribution is 8.00. The molecule has 0 atom stereocenters. The first-order valence-corrected chi connectivity index (χ1v) is 10.0. The predicted octanol–water partition coefficient (Wildman–Crippen LogP) is 5.14. The molecule has 4 nitrogen and oxygen atoms in total. The lowest BCUT2D eigenvalue weighted by Crippen LogP contribution is -2.27. The number of nitrogens with one attached hydrogen (secondary N) is 1. The third kappa shape index (κ3) is 5.23. The Kier molecular flexibility index (Phi) is 6.67. The van der Waals surface area contributed by atoms with Crippen LogP contribution >= 0.6 is 11.8 Å². The minimum Gasteiger partial charge on any atom is -0.325 e. The number of hydrogen-bond donors (Lipinski definition) is 1. The molecule has 3 aromatic carbocycles. The second kappa shape index (κ2) is 9.39. The van der Waals surface area contributed by atoms with Crippen molar-refractivity contribution in [1.29, 1.82) is 0 Å². The summed E-state index contributed by atoms with van der Waals surface area (Å²) in [5.74, 6) is -0.812. The highest BCUT2D eigenvalue weighted by Crippen LogP contribution is 2.26. The van der Waals surface area contributed by atoms with Gasteiger partial charge in [-0.25, -0.2) is 4.39 Å². The van der Waals surface area contributed by atoms with E-state index < -0.39 is 5.82 Å². The summed E-state index contributed by atoms with van der Waals surface area (Å²) in [6.07, 6.45) is 0. The third-order valence-corrected chi connectivity index (χ3v) is 5.40. The van der Waals surface area contributed by atoms with Crippen LogP contribution < -0.4 is 10.2 Å². The van der Waals surface area contributed by atoms with Crippen molar-refractivity contribution in [2.24, 2.45) is 0 Å². The molecule has 0 aliphatic rings. The van der Waals surface area contributed by atoms with Crippen LogP contribution in [0.5, 0.6) is 0 Å². The third-order valence-electron chi connectivity index (χ3n) is 4.33. The number of amides is 2. The van der Waals surface area contributed by atoms with E-state index in [1.807, 2.05) is 31.2 Å². The normalized spacial score (nSPS) is 10.4. The van der Waals surface area contributed by atoms with Crippen LogP contribution in [-0.2, 0) is 4.79 Å². The van der Waals surface area contributed by atoms with Gasteiger partial charge >= 0.3 is 0 Å². The molecule has 1 N–H and O–H groups in total. The Labute approximate surface area is 173 Å². The summed E-state index contributed by atoms with van der Waals surface area (Å²) in [5, 5.41) is 2.84. The number of hydrogen-bond acceptors (Lipinski definition) is 3. The Morgan fingerprint density at radius 3 is 2.34 bits per heavy atom. The van der Waals surface area contributed by atoms with E-state index in [9.17, 15) is 14.0 Å². The Morgan fingerprint density at radius 2 is 1.62 bits per heavy atom. The quantitative estimate of drug-likeness (QED) is 0.575. The molecule has 0 bridgehead atoms. The second-order valence-electron chi connectivity index (χ2n) is 6.51. The molecule has 0 fully saturated rings. The van der Waals surface area contributed by atoms with Gasteiger partial charge in [-0.05, 0) is 43.3 Å². The number of carbonyl (C=O) groups is 2. The van der Waals surface area contributed by atoms with Crippen molar-refractivity contribution in [3.63, 3.8) is 0 Å². The molecular formula is C23H21FN2O2S. The van der Waals surface area contributed by atoms with Crippen LogP contribution in [0.15, 0.2) is 77.7 Å². The minimum absolute atomic E-state index is 0.154. The number of benzene rings is 3. The van der Waals surface area contributed by atoms with E-state index in [1.165, 1.54) is 29.8 Å². The van der Waals surface area contributed by atoms with Crippen molar-refractivity contribution in [2.75, 3.05) is 23.0 Å². The summed E-state index contributed by atoms with van der Waals surface area (Å²) >= 11 is 1.27. The van der Waals surface area contributed by atoms with E-state index in [4.69, 9.17) is 0 Å². The fourth-order valence-electron chi connectivity index (χ4n) is 2.76. The lowest BCUT2D eigenvalue weighted by atomic mass is 10.2. The first-order chi connectivity index (χ1) is 14.0. The van der Waals surface area contributed by atoms with E-state index in [-0.39, 0.29) is 23.3 Å². The molecule has 6 heteroatoms. The molecule has 0 aromatic heterocycles. The maximum absolute atomic E-state index is 14.1. The number of halogens is 1. The smallest absolute Gasteiger partial charge is 0.259 e. The van der Waals surface area contributed by atoms with Gasteiger partial charge in [0.15, 0.2) is 0 Å². The number of nitrogens with zero attached hydrogens (tertiary/aromatic N) is 1. The number of rotatable bonds is 6. The molecule has 0 saturated carbocycles. The van der Waals surface area contributed by atoms with Crippen LogP contribution in [0.2, 0.25) is 0 Å². The summed E-state index contributed by atoms with van der Waals surface area (Å²) in [4.78, 5) is 27.2. The first-order valence-electron chi connectivity index (χ1n) is 9.06. The summed E-state index contributed by atoms with van der Waals surface area (Å²) < 4.78 is 14.1. The Balaban J connectivity index is 1.70. The second-order valence-corrected chi connectivity index (χ2v) is 7.53. The van der Waals surface area contributed by atoms with Gasteiger partial charge in [0.1, 0.15) is 5.82 Å². The average Bonchev–Trinajstić information content (AvgIpc) is 2.73. The molecular weight excluding hydrogens is 387 g/mol. The molecule has 0 heterocycles. The van der Waals surface area contributed by atoms with Crippen LogP contribution in [-0.4, -0.2) is 24.6 Å². The topological polar surface area (TPSA) is 49.4 Å². The molecule has 0 spiro atoms. The maximum atomic E-state index is 14.1. The first kappa shape index (κ1) is 20.6. The summed E-state index contributed by atoms with van der Waals surface area (Å²) in [6.45, 7) is 1.98. The largest absolute Gasteiger partial charge is 0.325 e. The lowest BCUT2D eigenvalue weighted by Gasteiger charge is -2.19. The molecule has 0 saturated heterocycles. The molecule has 0 aliphatic heterocycles. The van der Waals surface area contributed by atoms with Gasteiger partial charge in [-0.15, -0.1) is 11.8 Å². The molecule has 148 valence electrons. The maximum Gasteiger partial charge on any atom is 0.259 e. The van der Waals surface area contributed by atoms with E-state index in [0.29, 0.717) is 10.5 Å². The van der Waals surface area contributed by atoms with Crippen LogP contribution in [0.25, 0.3) is 0 Å². The van der Waals surface area contributed by atoms with Crippen molar-refractivity contribution < 1.29 is 14.0 Å². The van der Waals surface area contributed by atoms with Gasteiger partial charge in [-0.3, -0.25) is 9.59 Å². The van der Waals surface area contributed by atoms with Crippen molar-refractivity contribution in [1.82, 2.24) is 0 Å². The molecule has 0 unspecified atom stereocenters. The molecule has 3 rings (SSSR count). The van der Waals surface area contributed by atoms with Crippen molar-refractivity contribution >= 4 is 35.0 Å². The Hall–Kier alpha value is -3.12. The Morgan fingerprint density at radius 1 is 0.966 bits per heavy atom. The van der Waals surface area contributed by atoms with Crippen LogP contribution in [0.1, 0.15) is 15.9 Å². The van der Waals surface area contributed by atoms with Crippen LogP contribution in [0, 0.1) is 12.7 Å². The van der Waals surface area contributed by atoms with Gasteiger partial charge in [0.05, 0.1) is 17.0 Å².